The number of rotatable bonds is 3. The summed E-state index contributed by atoms with van der Waals surface area (Å²) in [6.45, 7) is 2.16. The SMILES string of the molecule is CCCc1cc2cccnc2n(NC)c1=S. The van der Waals surface area contributed by atoms with Crippen LogP contribution in [0.25, 0.3) is 11.0 Å². The zero-order valence-electron chi connectivity index (χ0n) is 9.53. The highest BCUT2D eigenvalue weighted by atomic mass is 32.1. The molecule has 2 heterocycles. The second kappa shape index (κ2) is 4.61. The van der Waals surface area contributed by atoms with Gasteiger partial charge in [-0.2, -0.15) is 0 Å². The molecule has 2 aromatic heterocycles. The van der Waals surface area contributed by atoms with Crippen LogP contribution in [-0.2, 0) is 6.42 Å². The minimum atomic E-state index is 0.829. The zero-order chi connectivity index (χ0) is 11.5. The van der Waals surface area contributed by atoms with Crippen molar-refractivity contribution in [3.05, 3.63) is 34.6 Å². The molecule has 0 aliphatic carbocycles. The van der Waals surface area contributed by atoms with Gasteiger partial charge in [0, 0.05) is 18.6 Å². The highest BCUT2D eigenvalue weighted by molar-refractivity contribution is 7.71. The van der Waals surface area contributed by atoms with Crippen molar-refractivity contribution >= 4 is 23.3 Å². The molecule has 2 aromatic rings. The summed E-state index contributed by atoms with van der Waals surface area (Å²) in [5, 5.41) is 1.12. The zero-order valence-corrected chi connectivity index (χ0v) is 10.3. The molecule has 0 saturated heterocycles. The fourth-order valence-electron chi connectivity index (χ4n) is 1.85. The topological polar surface area (TPSA) is 29.9 Å². The summed E-state index contributed by atoms with van der Waals surface area (Å²) in [7, 11) is 1.86. The third kappa shape index (κ3) is 1.80. The molecule has 0 atom stereocenters. The lowest BCUT2D eigenvalue weighted by Gasteiger charge is -2.12. The van der Waals surface area contributed by atoms with Gasteiger partial charge in [-0.05, 0) is 30.2 Å². The summed E-state index contributed by atoms with van der Waals surface area (Å²) in [5.74, 6) is 0. The summed E-state index contributed by atoms with van der Waals surface area (Å²) >= 11 is 5.44. The van der Waals surface area contributed by atoms with Gasteiger partial charge in [0.25, 0.3) is 0 Å². The van der Waals surface area contributed by atoms with Crippen molar-refractivity contribution in [1.82, 2.24) is 9.66 Å². The Kier molecular flexibility index (Phi) is 3.19. The maximum Gasteiger partial charge on any atom is 0.159 e. The largest absolute Gasteiger partial charge is 0.326 e. The Balaban J connectivity index is 2.77. The molecule has 16 heavy (non-hydrogen) atoms. The number of nitrogens with one attached hydrogen (secondary N) is 1. The highest BCUT2D eigenvalue weighted by Gasteiger charge is 2.05. The Morgan fingerprint density at radius 3 is 3.00 bits per heavy atom. The first-order valence-corrected chi connectivity index (χ1v) is 5.86. The van der Waals surface area contributed by atoms with Crippen molar-refractivity contribution < 1.29 is 0 Å². The van der Waals surface area contributed by atoms with Crippen LogP contribution in [0, 0.1) is 4.64 Å². The number of hydrogen-bond acceptors (Lipinski definition) is 3. The van der Waals surface area contributed by atoms with Gasteiger partial charge in [0.2, 0.25) is 0 Å². The molecule has 0 aliphatic rings. The van der Waals surface area contributed by atoms with Gasteiger partial charge in [0.15, 0.2) is 5.65 Å². The van der Waals surface area contributed by atoms with Crippen LogP contribution in [0.5, 0.6) is 0 Å². The molecule has 0 saturated carbocycles. The van der Waals surface area contributed by atoms with E-state index in [1.807, 2.05) is 17.8 Å². The monoisotopic (exact) mass is 233 g/mol. The minimum Gasteiger partial charge on any atom is -0.326 e. The van der Waals surface area contributed by atoms with Crippen molar-refractivity contribution in [1.29, 1.82) is 0 Å². The van der Waals surface area contributed by atoms with Crippen LogP contribution in [0.3, 0.4) is 0 Å². The molecule has 0 bridgehead atoms. The molecule has 84 valence electrons. The number of fused-ring (bicyclic) bond motifs is 1. The number of pyridine rings is 2. The number of aryl methyl sites for hydroxylation is 1. The Bertz CT molecular complexity index is 560. The highest BCUT2D eigenvalue weighted by Crippen LogP contribution is 2.16. The lowest BCUT2D eigenvalue weighted by Crippen LogP contribution is -2.14. The maximum absolute atomic E-state index is 5.44. The molecular formula is C12H15N3S. The fourth-order valence-corrected chi connectivity index (χ4v) is 2.19. The second-order valence-corrected chi connectivity index (χ2v) is 4.09. The van der Waals surface area contributed by atoms with Crippen molar-refractivity contribution in [2.45, 2.75) is 19.8 Å². The van der Waals surface area contributed by atoms with Gasteiger partial charge < -0.3 is 5.43 Å². The van der Waals surface area contributed by atoms with E-state index in [4.69, 9.17) is 12.2 Å². The van der Waals surface area contributed by atoms with E-state index >= 15 is 0 Å². The summed E-state index contributed by atoms with van der Waals surface area (Å²) < 4.78 is 2.70. The van der Waals surface area contributed by atoms with Crippen LogP contribution >= 0.6 is 12.2 Å². The van der Waals surface area contributed by atoms with Crippen molar-refractivity contribution in [3.63, 3.8) is 0 Å². The van der Waals surface area contributed by atoms with E-state index in [1.165, 1.54) is 5.56 Å². The maximum atomic E-state index is 5.44. The van der Waals surface area contributed by atoms with E-state index in [2.05, 4.69) is 29.5 Å². The van der Waals surface area contributed by atoms with Gasteiger partial charge in [-0.15, -0.1) is 0 Å². The van der Waals surface area contributed by atoms with Gasteiger partial charge in [-0.25, -0.2) is 9.66 Å². The molecule has 0 radical (unpaired) electrons. The first-order valence-electron chi connectivity index (χ1n) is 5.45. The number of aromatic nitrogens is 2. The van der Waals surface area contributed by atoms with Crippen LogP contribution in [0.15, 0.2) is 24.4 Å². The van der Waals surface area contributed by atoms with E-state index in [0.29, 0.717) is 0 Å². The molecular weight excluding hydrogens is 218 g/mol. The van der Waals surface area contributed by atoms with Gasteiger partial charge in [-0.1, -0.05) is 25.6 Å². The predicted octanol–water partition coefficient (Wildman–Crippen LogP) is 2.89. The van der Waals surface area contributed by atoms with Crippen LogP contribution in [-0.4, -0.2) is 16.7 Å². The molecule has 0 amide bonds. The first-order chi connectivity index (χ1) is 7.77. The van der Waals surface area contributed by atoms with Crippen molar-refractivity contribution in [3.8, 4) is 0 Å². The van der Waals surface area contributed by atoms with E-state index in [1.54, 1.807) is 6.20 Å². The van der Waals surface area contributed by atoms with Gasteiger partial charge in [0.05, 0.1) is 0 Å². The second-order valence-electron chi connectivity index (χ2n) is 3.70. The quantitative estimate of drug-likeness (QED) is 0.827. The summed E-state index contributed by atoms with van der Waals surface area (Å²) in [6.07, 6.45) is 3.88. The molecule has 1 N–H and O–H groups in total. The van der Waals surface area contributed by atoms with Gasteiger partial charge >= 0.3 is 0 Å². The van der Waals surface area contributed by atoms with E-state index in [0.717, 1.165) is 28.5 Å². The van der Waals surface area contributed by atoms with Crippen molar-refractivity contribution in [2.75, 3.05) is 12.5 Å². The van der Waals surface area contributed by atoms with E-state index in [-0.39, 0.29) is 0 Å². The lowest BCUT2D eigenvalue weighted by molar-refractivity contribution is 0.861. The van der Waals surface area contributed by atoms with Crippen LogP contribution in [0.1, 0.15) is 18.9 Å². The molecule has 0 fully saturated rings. The smallest absolute Gasteiger partial charge is 0.159 e. The molecule has 0 unspecified atom stereocenters. The van der Waals surface area contributed by atoms with Crippen LogP contribution < -0.4 is 5.43 Å². The molecule has 3 nitrogen and oxygen atoms in total. The molecule has 2 rings (SSSR count). The lowest BCUT2D eigenvalue weighted by atomic mass is 10.1. The molecule has 4 heteroatoms. The van der Waals surface area contributed by atoms with E-state index in [9.17, 15) is 0 Å². The van der Waals surface area contributed by atoms with Crippen LogP contribution in [0.4, 0.5) is 0 Å². The standard InChI is InChI=1S/C12H15N3S/c1-3-5-10-8-9-6-4-7-14-11(9)15(13-2)12(10)16/h4,6-8,13H,3,5H2,1-2H3. The van der Waals surface area contributed by atoms with Crippen molar-refractivity contribution in [2.24, 2.45) is 0 Å². The Labute approximate surface area is 100 Å². The van der Waals surface area contributed by atoms with Crippen LogP contribution in [0.2, 0.25) is 0 Å². The third-order valence-corrected chi connectivity index (χ3v) is 3.02. The van der Waals surface area contributed by atoms with Gasteiger partial charge in [0.1, 0.15) is 4.64 Å². The fraction of sp³-hybridized carbons (Fsp3) is 0.333. The average molecular weight is 233 g/mol. The Morgan fingerprint density at radius 1 is 1.50 bits per heavy atom. The molecule has 0 aromatic carbocycles. The first kappa shape index (κ1) is 11.1. The van der Waals surface area contributed by atoms with Gasteiger partial charge in [-0.3, -0.25) is 0 Å². The number of nitrogens with zero attached hydrogens (tertiary/aromatic N) is 2. The average Bonchev–Trinajstić information content (AvgIpc) is 2.31. The molecule has 0 aliphatic heterocycles. The Morgan fingerprint density at radius 2 is 2.31 bits per heavy atom. The normalized spacial score (nSPS) is 10.6. The summed E-state index contributed by atoms with van der Waals surface area (Å²) in [5.41, 5.74) is 5.17. The summed E-state index contributed by atoms with van der Waals surface area (Å²) in [6, 6.07) is 6.15. The Hall–Kier alpha value is -1.42. The minimum absolute atomic E-state index is 0.829. The van der Waals surface area contributed by atoms with E-state index < -0.39 is 0 Å². The molecule has 0 spiro atoms. The predicted molar refractivity (Wildman–Crippen MR) is 69.8 cm³/mol. The third-order valence-electron chi connectivity index (χ3n) is 2.58. The number of hydrogen-bond donors (Lipinski definition) is 1. The summed E-state index contributed by atoms with van der Waals surface area (Å²) in [4.78, 5) is 4.35.